The fourth-order valence-corrected chi connectivity index (χ4v) is 1.95. The van der Waals surface area contributed by atoms with Crippen molar-refractivity contribution >= 4 is 11.3 Å². The molecule has 1 atom stereocenters. The largest absolute Gasteiger partial charge is 0.339 e. The molecule has 6 heteroatoms. The van der Waals surface area contributed by atoms with Gasteiger partial charge in [-0.25, -0.2) is 0 Å². The Balaban J connectivity index is 2.07. The van der Waals surface area contributed by atoms with Gasteiger partial charge in [0.25, 0.3) is 0 Å². The lowest BCUT2D eigenvalue weighted by Crippen LogP contribution is -2.02. The second-order valence-corrected chi connectivity index (χ2v) is 4.54. The van der Waals surface area contributed by atoms with E-state index in [-0.39, 0.29) is 5.92 Å². The Hall–Kier alpha value is -1.27. The highest BCUT2D eigenvalue weighted by molar-refractivity contribution is 7.13. The van der Waals surface area contributed by atoms with Crippen molar-refractivity contribution in [1.29, 1.82) is 0 Å². The van der Waals surface area contributed by atoms with Crippen LogP contribution >= 0.6 is 11.3 Å². The summed E-state index contributed by atoms with van der Waals surface area (Å²) in [6.45, 7) is 2.76. The number of aromatic nitrogens is 3. The molecule has 0 saturated heterocycles. The van der Waals surface area contributed by atoms with E-state index in [1.165, 1.54) is 11.3 Å². The fourth-order valence-electron chi connectivity index (χ4n) is 1.41. The predicted molar refractivity (Wildman–Crippen MR) is 62.1 cm³/mol. The zero-order valence-corrected chi connectivity index (χ0v) is 9.91. The number of nitrogens with zero attached hydrogens (tertiary/aromatic N) is 3. The molecule has 0 aliphatic carbocycles. The molecule has 86 valence electrons. The molecular formula is C10H14N4OS. The van der Waals surface area contributed by atoms with E-state index in [9.17, 15) is 0 Å². The number of hydrogen-bond donors (Lipinski definition) is 1. The minimum atomic E-state index is 0.262. The second-order valence-electron chi connectivity index (χ2n) is 3.65. The molecule has 2 heterocycles. The Kier molecular flexibility index (Phi) is 3.63. The lowest BCUT2D eigenvalue weighted by Gasteiger charge is -2.03. The summed E-state index contributed by atoms with van der Waals surface area (Å²) in [6.07, 6.45) is 3.68. The molecule has 1 unspecified atom stereocenters. The molecule has 0 fully saturated rings. The zero-order chi connectivity index (χ0) is 11.4. The van der Waals surface area contributed by atoms with E-state index in [2.05, 4.69) is 22.0 Å². The van der Waals surface area contributed by atoms with Crippen LogP contribution in [0.4, 0.5) is 0 Å². The monoisotopic (exact) mass is 238 g/mol. The van der Waals surface area contributed by atoms with Crippen molar-refractivity contribution in [2.24, 2.45) is 5.73 Å². The molecule has 0 spiro atoms. The van der Waals surface area contributed by atoms with E-state index in [4.69, 9.17) is 10.3 Å². The normalized spacial score (nSPS) is 12.9. The molecule has 0 aliphatic heterocycles. The molecule has 2 aromatic rings. The highest BCUT2D eigenvalue weighted by Gasteiger charge is 2.15. The van der Waals surface area contributed by atoms with Crippen LogP contribution in [0.3, 0.4) is 0 Å². The van der Waals surface area contributed by atoms with Gasteiger partial charge in [0.1, 0.15) is 0 Å². The standard InChI is InChI=1S/C10H14N4OS/c1-7(3-2-4-11)10-13-9(14-15-10)8-5-12-6-16-8/h5-7H,2-4,11H2,1H3. The molecule has 0 saturated carbocycles. The first-order valence-corrected chi connectivity index (χ1v) is 6.11. The third-order valence-corrected chi connectivity index (χ3v) is 3.13. The summed E-state index contributed by atoms with van der Waals surface area (Å²) in [5, 5.41) is 3.94. The van der Waals surface area contributed by atoms with Crippen LogP contribution in [-0.4, -0.2) is 21.7 Å². The first-order valence-electron chi connectivity index (χ1n) is 5.23. The summed E-state index contributed by atoms with van der Waals surface area (Å²) in [5.74, 6) is 1.56. The van der Waals surface area contributed by atoms with Crippen LogP contribution in [0.1, 0.15) is 31.6 Å². The number of nitrogens with two attached hydrogens (primary N) is 1. The third kappa shape index (κ3) is 2.45. The topological polar surface area (TPSA) is 77.8 Å². The van der Waals surface area contributed by atoms with Crippen LogP contribution in [0.2, 0.25) is 0 Å². The van der Waals surface area contributed by atoms with Crippen molar-refractivity contribution in [3.63, 3.8) is 0 Å². The summed E-state index contributed by atoms with van der Waals surface area (Å²) in [7, 11) is 0. The van der Waals surface area contributed by atoms with Gasteiger partial charge in [0.2, 0.25) is 11.7 Å². The van der Waals surface area contributed by atoms with Crippen molar-refractivity contribution in [1.82, 2.24) is 15.1 Å². The molecule has 0 aliphatic rings. The maximum Gasteiger partial charge on any atom is 0.229 e. The van der Waals surface area contributed by atoms with Gasteiger partial charge in [0.15, 0.2) is 0 Å². The summed E-state index contributed by atoms with van der Waals surface area (Å²) in [5.41, 5.74) is 7.22. The highest BCUT2D eigenvalue weighted by Crippen LogP contribution is 2.24. The molecule has 0 aromatic carbocycles. The summed E-state index contributed by atoms with van der Waals surface area (Å²) in [6, 6.07) is 0. The first kappa shape index (κ1) is 11.2. The minimum absolute atomic E-state index is 0.262. The second kappa shape index (κ2) is 5.18. The minimum Gasteiger partial charge on any atom is -0.339 e. The van der Waals surface area contributed by atoms with E-state index in [0.29, 0.717) is 18.3 Å². The summed E-state index contributed by atoms with van der Waals surface area (Å²) in [4.78, 5) is 9.27. The van der Waals surface area contributed by atoms with Crippen molar-refractivity contribution in [3.05, 3.63) is 17.6 Å². The van der Waals surface area contributed by atoms with Gasteiger partial charge >= 0.3 is 0 Å². The lowest BCUT2D eigenvalue weighted by atomic mass is 10.1. The number of hydrogen-bond acceptors (Lipinski definition) is 6. The average molecular weight is 238 g/mol. The molecule has 16 heavy (non-hydrogen) atoms. The summed E-state index contributed by atoms with van der Waals surface area (Å²) < 4.78 is 5.22. The van der Waals surface area contributed by atoms with Crippen molar-refractivity contribution in [2.75, 3.05) is 6.54 Å². The molecule has 0 bridgehead atoms. The molecule has 2 rings (SSSR count). The van der Waals surface area contributed by atoms with Gasteiger partial charge in [-0.1, -0.05) is 12.1 Å². The van der Waals surface area contributed by atoms with Crippen molar-refractivity contribution in [3.8, 4) is 10.7 Å². The van der Waals surface area contributed by atoms with E-state index in [1.807, 2.05) is 0 Å². The number of rotatable bonds is 5. The smallest absolute Gasteiger partial charge is 0.229 e. The molecule has 0 amide bonds. The van der Waals surface area contributed by atoms with Crippen LogP contribution < -0.4 is 5.73 Å². The maximum atomic E-state index is 5.46. The molecule has 2 aromatic heterocycles. The highest BCUT2D eigenvalue weighted by atomic mass is 32.1. The van der Waals surface area contributed by atoms with Crippen LogP contribution in [0.25, 0.3) is 10.7 Å². The molecule has 0 radical (unpaired) electrons. The fraction of sp³-hybridized carbons (Fsp3) is 0.500. The first-order chi connectivity index (χ1) is 7.81. The van der Waals surface area contributed by atoms with E-state index >= 15 is 0 Å². The van der Waals surface area contributed by atoms with Gasteiger partial charge in [0.05, 0.1) is 10.4 Å². The Morgan fingerprint density at radius 2 is 2.44 bits per heavy atom. The Labute approximate surface area is 97.7 Å². The molecular weight excluding hydrogens is 224 g/mol. The summed E-state index contributed by atoms with van der Waals surface area (Å²) >= 11 is 1.50. The molecule has 2 N–H and O–H groups in total. The van der Waals surface area contributed by atoms with Gasteiger partial charge in [0, 0.05) is 12.1 Å². The van der Waals surface area contributed by atoms with Gasteiger partial charge < -0.3 is 10.3 Å². The van der Waals surface area contributed by atoms with E-state index < -0.39 is 0 Å². The SMILES string of the molecule is CC(CCCN)c1nc(-c2cncs2)no1. The van der Waals surface area contributed by atoms with E-state index in [1.54, 1.807) is 11.7 Å². The van der Waals surface area contributed by atoms with Gasteiger partial charge in [-0.15, -0.1) is 11.3 Å². The molecule has 5 nitrogen and oxygen atoms in total. The van der Waals surface area contributed by atoms with Gasteiger partial charge in [-0.05, 0) is 19.4 Å². The third-order valence-electron chi connectivity index (χ3n) is 2.36. The maximum absolute atomic E-state index is 5.46. The Morgan fingerprint density at radius 3 is 3.12 bits per heavy atom. The predicted octanol–water partition coefficient (Wildman–Crippen LogP) is 2.04. The van der Waals surface area contributed by atoms with Crippen LogP contribution in [0.5, 0.6) is 0 Å². The van der Waals surface area contributed by atoms with Crippen LogP contribution in [-0.2, 0) is 0 Å². The van der Waals surface area contributed by atoms with Gasteiger partial charge in [-0.2, -0.15) is 4.98 Å². The Bertz CT molecular complexity index is 426. The van der Waals surface area contributed by atoms with Crippen LogP contribution in [0, 0.1) is 0 Å². The average Bonchev–Trinajstić information content (AvgIpc) is 2.94. The van der Waals surface area contributed by atoms with Gasteiger partial charge in [-0.3, -0.25) is 4.98 Å². The zero-order valence-electron chi connectivity index (χ0n) is 9.09. The quantitative estimate of drug-likeness (QED) is 0.862. The van der Waals surface area contributed by atoms with E-state index in [0.717, 1.165) is 17.7 Å². The Morgan fingerprint density at radius 1 is 1.56 bits per heavy atom. The van der Waals surface area contributed by atoms with Crippen molar-refractivity contribution in [2.45, 2.75) is 25.7 Å². The lowest BCUT2D eigenvalue weighted by molar-refractivity contribution is 0.352. The van der Waals surface area contributed by atoms with Crippen LogP contribution in [0.15, 0.2) is 16.2 Å². The number of thiazole rings is 1. The van der Waals surface area contributed by atoms with Crippen molar-refractivity contribution < 1.29 is 4.52 Å².